The van der Waals surface area contributed by atoms with Crippen LogP contribution >= 0.6 is 0 Å². The third kappa shape index (κ3) is 7.22. The smallest absolute Gasteiger partial charge is 0.0132 e. The quantitative estimate of drug-likeness (QED) is 0.520. The Balaban J connectivity index is 2.23. The predicted molar refractivity (Wildman–Crippen MR) is 116 cm³/mol. The first-order chi connectivity index (χ1) is 12.7. The number of unbranched alkanes of at least 4 members (excludes halogenated alkanes) is 1. The van der Waals surface area contributed by atoms with Gasteiger partial charge in [-0.2, -0.15) is 0 Å². The zero-order chi connectivity index (χ0) is 18.6. The van der Waals surface area contributed by atoms with Crippen LogP contribution in [-0.2, 0) is 0 Å². The van der Waals surface area contributed by atoms with Crippen LogP contribution in [0.4, 0.5) is 0 Å². The summed E-state index contributed by atoms with van der Waals surface area (Å²) in [5.74, 6) is 3.33. The summed E-state index contributed by atoms with van der Waals surface area (Å²) >= 11 is 0. The molecule has 4 atom stereocenters. The third-order valence-corrected chi connectivity index (χ3v) is 6.84. The van der Waals surface area contributed by atoms with Crippen molar-refractivity contribution in [1.82, 2.24) is 5.32 Å². The molecule has 0 aromatic rings. The van der Waals surface area contributed by atoms with E-state index in [1.54, 1.807) is 0 Å². The Labute approximate surface area is 164 Å². The molecule has 2 rings (SSSR count). The zero-order valence-electron chi connectivity index (χ0n) is 17.9. The van der Waals surface area contributed by atoms with Gasteiger partial charge < -0.3 is 5.32 Å². The van der Waals surface area contributed by atoms with E-state index in [4.69, 9.17) is 0 Å². The Bertz CT molecular complexity index is 408. The molecule has 1 aliphatic carbocycles. The second-order valence-electron chi connectivity index (χ2n) is 9.14. The molecule has 2 aliphatic rings. The molecule has 1 N–H and O–H groups in total. The summed E-state index contributed by atoms with van der Waals surface area (Å²) in [4.78, 5) is 0. The topological polar surface area (TPSA) is 12.0 Å². The van der Waals surface area contributed by atoms with Crippen molar-refractivity contribution in [3.63, 3.8) is 0 Å². The SMILES string of the molecule is CCCCC1CC/C=C/CCC/C=C/CC(C(C)C)C2NCCCCC12. The van der Waals surface area contributed by atoms with Crippen LogP contribution in [0.5, 0.6) is 0 Å². The van der Waals surface area contributed by atoms with Gasteiger partial charge in [-0.25, -0.2) is 0 Å². The summed E-state index contributed by atoms with van der Waals surface area (Å²) in [5.41, 5.74) is 0. The van der Waals surface area contributed by atoms with Gasteiger partial charge in [0.15, 0.2) is 0 Å². The molecule has 0 spiro atoms. The Morgan fingerprint density at radius 3 is 2.46 bits per heavy atom. The van der Waals surface area contributed by atoms with E-state index in [0.717, 1.165) is 29.7 Å². The van der Waals surface area contributed by atoms with E-state index in [2.05, 4.69) is 50.4 Å². The van der Waals surface area contributed by atoms with Crippen LogP contribution in [0, 0.1) is 23.7 Å². The average molecular weight is 360 g/mol. The van der Waals surface area contributed by atoms with Gasteiger partial charge in [-0.05, 0) is 81.6 Å². The van der Waals surface area contributed by atoms with Crippen LogP contribution in [0.15, 0.2) is 24.3 Å². The van der Waals surface area contributed by atoms with E-state index in [0.29, 0.717) is 0 Å². The lowest BCUT2D eigenvalue weighted by Crippen LogP contribution is -2.45. The minimum atomic E-state index is 0.718. The molecular formula is C25H45N. The van der Waals surface area contributed by atoms with Crippen LogP contribution in [0.3, 0.4) is 0 Å². The van der Waals surface area contributed by atoms with Gasteiger partial charge in [-0.15, -0.1) is 0 Å². The van der Waals surface area contributed by atoms with Gasteiger partial charge in [-0.1, -0.05) is 70.8 Å². The minimum Gasteiger partial charge on any atom is -0.313 e. The molecule has 0 bridgehead atoms. The fourth-order valence-corrected chi connectivity index (χ4v) is 5.25. The van der Waals surface area contributed by atoms with Crippen LogP contribution in [-0.4, -0.2) is 12.6 Å². The highest BCUT2D eigenvalue weighted by Gasteiger charge is 2.35. The van der Waals surface area contributed by atoms with Crippen molar-refractivity contribution in [1.29, 1.82) is 0 Å². The number of fused-ring (bicyclic) bond motifs is 1. The number of rotatable bonds is 4. The Kier molecular flexibility index (Phi) is 10.7. The van der Waals surface area contributed by atoms with Crippen LogP contribution < -0.4 is 5.32 Å². The molecule has 1 saturated heterocycles. The van der Waals surface area contributed by atoms with Crippen molar-refractivity contribution in [2.24, 2.45) is 23.7 Å². The van der Waals surface area contributed by atoms with Crippen LogP contribution in [0.2, 0.25) is 0 Å². The minimum absolute atomic E-state index is 0.718. The maximum absolute atomic E-state index is 4.05. The van der Waals surface area contributed by atoms with Gasteiger partial charge in [-0.3, -0.25) is 0 Å². The molecular weight excluding hydrogens is 314 g/mol. The Hall–Kier alpha value is -0.560. The number of nitrogens with one attached hydrogen (secondary N) is 1. The normalized spacial score (nSPS) is 34.5. The Morgan fingerprint density at radius 1 is 0.923 bits per heavy atom. The summed E-state index contributed by atoms with van der Waals surface area (Å²) in [6, 6.07) is 0.718. The molecule has 4 unspecified atom stereocenters. The molecule has 0 aromatic carbocycles. The first-order valence-corrected chi connectivity index (χ1v) is 11.8. The standard InChI is InChI=1S/C25H45N/c1-4-5-16-22-17-12-10-8-6-7-9-11-13-18-23(21(2)3)25-24(22)19-14-15-20-26-25/h8,10-11,13,21-26H,4-7,9,12,14-20H2,1-3H3/b10-8+,13-11+. The maximum atomic E-state index is 4.05. The summed E-state index contributed by atoms with van der Waals surface area (Å²) in [6.07, 6.45) is 26.1. The molecule has 26 heavy (non-hydrogen) atoms. The lowest BCUT2D eigenvalue weighted by Gasteiger charge is -2.39. The van der Waals surface area contributed by atoms with Crippen molar-refractivity contribution >= 4 is 0 Å². The number of hydrogen-bond acceptors (Lipinski definition) is 1. The van der Waals surface area contributed by atoms with Crippen LogP contribution in [0.25, 0.3) is 0 Å². The van der Waals surface area contributed by atoms with Crippen molar-refractivity contribution < 1.29 is 0 Å². The van der Waals surface area contributed by atoms with E-state index in [-0.39, 0.29) is 0 Å². The lowest BCUT2D eigenvalue weighted by atomic mass is 9.70. The second-order valence-corrected chi connectivity index (χ2v) is 9.14. The zero-order valence-corrected chi connectivity index (χ0v) is 17.9. The van der Waals surface area contributed by atoms with E-state index in [1.165, 1.54) is 83.6 Å². The van der Waals surface area contributed by atoms with Gasteiger partial charge in [0, 0.05) is 6.04 Å². The largest absolute Gasteiger partial charge is 0.313 e. The average Bonchev–Trinajstić information content (AvgIpc) is 2.87. The van der Waals surface area contributed by atoms with E-state index >= 15 is 0 Å². The summed E-state index contributed by atoms with van der Waals surface area (Å²) in [5, 5.41) is 4.05. The van der Waals surface area contributed by atoms with Gasteiger partial charge in [0.1, 0.15) is 0 Å². The summed E-state index contributed by atoms with van der Waals surface area (Å²) in [7, 11) is 0. The van der Waals surface area contributed by atoms with Crippen molar-refractivity contribution in [2.75, 3.05) is 6.54 Å². The maximum Gasteiger partial charge on any atom is 0.0132 e. The molecule has 1 heteroatoms. The van der Waals surface area contributed by atoms with E-state index < -0.39 is 0 Å². The second kappa shape index (κ2) is 12.8. The molecule has 1 fully saturated rings. The molecule has 0 amide bonds. The van der Waals surface area contributed by atoms with Gasteiger partial charge in [0.05, 0.1) is 0 Å². The van der Waals surface area contributed by atoms with Gasteiger partial charge in [0.2, 0.25) is 0 Å². The highest BCUT2D eigenvalue weighted by atomic mass is 14.9. The molecule has 0 aromatic heterocycles. The van der Waals surface area contributed by atoms with Gasteiger partial charge in [0.25, 0.3) is 0 Å². The first-order valence-electron chi connectivity index (χ1n) is 11.8. The lowest BCUT2D eigenvalue weighted by molar-refractivity contribution is 0.148. The molecule has 1 heterocycles. The van der Waals surface area contributed by atoms with Crippen molar-refractivity contribution in [3.8, 4) is 0 Å². The van der Waals surface area contributed by atoms with E-state index in [1.807, 2.05) is 0 Å². The fraction of sp³-hybridized carbons (Fsp3) is 0.840. The van der Waals surface area contributed by atoms with E-state index in [9.17, 15) is 0 Å². The monoisotopic (exact) mass is 359 g/mol. The molecule has 1 nitrogen and oxygen atoms in total. The first kappa shape index (κ1) is 21.7. The summed E-state index contributed by atoms with van der Waals surface area (Å²) in [6.45, 7) is 8.49. The number of hydrogen-bond donors (Lipinski definition) is 1. The highest BCUT2D eigenvalue weighted by Crippen LogP contribution is 2.38. The molecule has 0 saturated carbocycles. The predicted octanol–water partition coefficient (Wildman–Crippen LogP) is 7.29. The molecule has 150 valence electrons. The van der Waals surface area contributed by atoms with Crippen LogP contribution in [0.1, 0.15) is 97.8 Å². The fourth-order valence-electron chi connectivity index (χ4n) is 5.25. The molecule has 0 radical (unpaired) electrons. The number of allylic oxidation sites excluding steroid dienone is 4. The van der Waals surface area contributed by atoms with Crippen molar-refractivity contribution in [2.45, 2.75) is 104 Å². The summed E-state index contributed by atoms with van der Waals surface area (Å²) < 4.78 is 0. The van der Waals surface area contributed by atoms with Crippen molar-refractivity contribution in [3.05, 3.63) is 24.3 Å². The highest BCUT2D eigenvalue weighted by molar-refractivity contribution is 4.96. The Morgan fingerprint density at radius 2 is 1.69 bits per heavy atom. The molecule has 1 aliphatic heterocycles. The van der Waals surface area contributed by atoms with Gasteiger partial charge >= 0.3 is 0 Å². The third-order valence-electron chi connectivity index (χ3n) is 6.84.